The van der Waals surface area contributed by atoms with Crippen LogP contribution in [0.5, 0.6) is 11.5 Å². The van der Waals surface area contributed by atoms with E-state index in [1.54, 1.807) is 17.0 Å². The summed E-state index contributed by atoms with van der Waals surface area (Å²) in [5.74, 6) is 0.0406. The molecule has 1 aliphatic heterocycles. The van der Waals surface area contributed by atoms with E-state index in [0.717, 1.165) is 32.1 Å². The number of halogens is 1. The number of aliphatic hydroxyl groups excluding tert-OH is 2. The summed E-state index contributed by atoms with van der Waals surface area (Å²) in [5.41, 5.74) is 0.756. The number of hydrogen-bond acceptors (Lipinski definition) is 8. The van der Waals surface area contributed by atoms with Gasteiger partial charge in [0.2, 0.25) is 5.91 Å². The normalized spacial score (nSPS) is 22.6. The monoisotopic (exact) mass is 658 g/mol. The Hall–Kier alpha value is -2.22. The molecular weight excluding hydrogens is 619 g/mol. The average molecular weight is 659 g/mol. The van der Waals surface area contributed by atoms with Crippen molar-refractivity contribution >= 4 is 40.7 Å². The highest BCUT2D eigenvalue weighted by molar-refractivity contribution is 14.1. The average Bonchev–Trinajstić information content (AvgIpc) is 3.48. The molecule has 1 aromatic rings. The highest BCUT2D eigenvalue weighted by atomic mass is 127. The quantitative estimate of drug-likeness (QED) is 0.158. The molecular formula is C28H39IN2O8. The van der Waals surface area contributed by atoms with Gasteiger partial charge in [-0.15, -0.1) is 0 Å². The smallest absolute Gasteiger partial charge is 0.252 e. The topological polar surface area (TPSA) is 135 Å². The first kappa shape index (κ1) is 31.3. The lowest BCUT2D eigenvalue weighted by atomic mass is 9.87. The fourth-order valence-electron chi connectivity index (χ4n) is 4.94. The number of carbonyl (C=O) groups excluding carboxylic acids is 3. The second kappa shape index (κ2) is 15.5. The number of carbonyl (C=O) groups is 3. The molecule has 0 spiro atoms. The fraction of sp³-hybridized carbons (Fsp3) is 0.607. The Labute approximate surface area is 243 Å². The summed E-state index contributed by atoms with van der Waals surface area (Å²) in [5, 5.41) is 23.5. The second-order valence-corrected chi connectivity index (χ2v) is 10.9. The van der Waals surface area contributed by atoms with Gasteiger partial charge in [-0.05, 0) is 60.1 Å². The van der Waals surface area contributed by atoms with Crippen LogP contribution < -0.4 is 14.8 Å². The van der Waals surface area contributed by atoms with Crippen LogP contribution in [-0.2, 0) is 14.3 Å². The van der Waals surface area contributed by atoms with E-state index >= 15 is 0 Å². The molecule has 10 nitrogen and oxygen atoms in total. The van der Waals surface area contributed by atoms with Crippen molar-refractivity contribution in [3.63, 3.8) is 0 Å². The Kier molecular flexibility index (Phi) is 12.5. The van der Waals surface area contributed by atoms with E-state index in [1.807, 2.05) is 22.6 Å². The first-order valence-electron chi connectivity index (χ1n) is 13.5. The summed E-state index contributed by atoms with van der Waals surface area (Å²) in [6.45, 7) is 2.91. The van der Waals surface area contributed by atoms with Gasteiger partial charge in [0, 0.05) is 37.3 Å². The van der Waals surface area contributed by atoms with Crippen LogP contribution in [0.4, 0.5) is 0 Å². The Balaban J connectivity index is 1.97. The lowest BCUT2D eigenvalue weighted by Gasteiger charge is -2.41. The van der Waals surface area contributed by atoms with Crippen molar-refractivity contribution in [1.29, 1.82) is 0 Å². The summed E-state index contributed by atoms with van der Waals surface area (Å²) in [6, 6.07) is 2.44. The van der Waals surface area contributed by atoms with Crippen LogP contribution in [0, 0.1) is 3.57 Å². The van der Waals surface area contributed by atoms with Crippen molar-refractivity contribution in [3.05, 3.63) is 32.9 Å². The van der Waals surface area contributed by atoms with E-state index in [1.165, 1.54) is 13.2 Å². The lowest BCUT2D eigenvalue weighted by Crippen LogP contribution is -2.57. The maximum atomic E-state index is 13.6. The van der Waals surface area contributed by atoms with E-state index in [2.05, 4.69) is 12.2 Å². The van der Waals surface area contributed by atoms with Crippen LogP contribution in [0.15, 0.2) is 23.8 Å². The van der Waals surface area contributed by atoms with E-state index in [4.69, 9.17) is 14.2 Å². The Morgan fingerprint density at radius 1 is 1.28 bits per heavy atom. The van der Waals surface area contributed by atoms with E-state index < -0.39 is 30.3 Å². The molecule has 0 radical (unpaired) electrons. The van der Waals surface area contributed by atoms with Crippen molar-refractivity contribution in [1.82, 2.24) is 10.2 Å². The minimum Gasteiger partial charge on any atom is -0.493 e. The maximum absolute atomic E-state index is 13.6. The van der Waals surface area contributed by atoms with E-state index in [0.29, 0.717) is 52.1 Å². The molecule has 1 saturated heterocycles. The first-order chi connectivity index (χ1) is 18.8. The van der Waals surface area contributed by atoms with Gasteiger partial charge in [0.05, 0.1) is 23.3 Å². The van der Waals surface area contributed by atoms with Gasteiger partial charge in [-0.2, -0.15) is 0 Å². The number of nitrogens with zero attached hydrogens (tertiary/aromatic N) is 1. The Morgan fingerprint density at radius 3 is 2.72 bits per heavy atom. The number of methoxy groups -OCH3 is 1. The van der Waals surface area contributed by atoms with Gasteiger partial charge < -0.3 is 34.6 Å². The van der Waals surface area contributed by atoms with Gasteiger partial charge >= 0.3 is 0 Å². The van der Waals surface area contributed by atoms with Crippen LogP contribution in [0.2, 0.25) is 0 Å². The fourth-order valence-corrected chi connectivity index (χ4v) is 5.70. The largest absolute Gasteiger partial charge is 0.493 e. The van der Waals surface area contributed by atoms with E-state index in [-0.39, 0.29) is 25.5 Å². The molecule has 1 unspecified atom stereocenters. The molecule has 1 aliphatic carbocycles. The van der Waals surface area contributed by atoms with Gasteiger partial charge in [-0.1, -0.05) is 26.2 Å². The van der Waals surface area contributed by atoms with Gasteiger partial charge in [-0.25, -0.2) is 0 Å². The lowest BCUT2D eigenvalue weighted by molar-refractivity contribution is -0.148. The summed E-state index contributed by atoms with van der Waals surface area (Å²) < 4.78 is 18.0. The molecule has 1 fully saturated rings. The number of aliphatic hydroxyl groups is 2. The molecule has 39 heavy (non-hydrogen) atoms. The third-order valence-electron chi connectivity index (χ3n) is 7.00. The molecule has 1 heterocycles. The predicted octanol–water partition coefficient (Wildman–Crippen LogP) is 2.62. The molecule has 0 saturated carbocycles. The third kappa shape index (κ3) is 8.15. The Morgan fingerprint density at radius 2 is 2.08 bits per heavy atom. The zero-order valence-corrected chi connectivity index (χ0v) is 24.7. The van der Waals surface area contributed by atoms with Gasteiger partial charge in [0.15, 0.2) is 11.5 Å². The number of rotatable bonds is 14. The van der Waals surface area contributed by atoms with Gasteiger partial charge in [0.1, 0.15) is 24.6 Å². The zero-order valence-electron chi connectivity index (χ0n) is 22.6. The number of aldehydes is 1. The summed E-state index contributed by atoms with van der Waals surface area (Å²) in [6.07, 6.45) is 4.87. The minimum absolute atomic E-state index is 0.0728. The SMILES string of the molecule is CCCCCCN(C(=O)C1CCCO1)[C@@H]1CC(C(=O)NCCO)=C[C@H](Oc2c(I)cc(C=O)cc2OC)[C@H]1O. The van der Waals surface area contributed by atoms with Crippen LogP contribution in [0.3, 0.4) is 0 Å². The van der Waals surface area contributed by atoms with Crippen molar-refractivity contribution in [2.75, 3.05) is 33.4 Å². The van der Waals surface area contributed by atoms with Gasteiger partial charge in [-0.3, -0.25) is 14.4 Å². The minimum atomic E-state index is -1.15. The molecule has 11 heteroatoms. The van der Waals surface area contributed by atoms with Crippen molar-refractivity contribution < 1.29 is 38.8 Å². The third-order valence-corrected chi connectivity index (χ3v) is 7.80. The van der Waals surface area contributed by atoms with Crippen LogP contribution in [0.1, 0.15) is 62.2 Å². The molecule has 2 amide bonds. The zero-order chi connectivity index (χ0) is 28.4. The first-order valence-corrected chi connectivity index (χ1v) is 14.6. The molecule has 2 aliphatic rings. The molecule has 0 bridgehead atoms. The second-order valence-electron chi connectivity index (χ2n) is 9.76. The van der Waals surface area contributed by atoms with Crippen molar-refractivity contribution in [2.45, 2.75) is 76.2 Å². The van der Waals surface area contributed by atoms with Gasteiger partial charge in [0.25, 0.3) is 5.91 Å². The Bertz CT molecular complexity index is 1030. The number of unbranched alkanes of at least 4 members (excludes halogenated alkanes) is 3. The van der Waals surface area contributed by atoms with Crippen molar-refractivity contribution in [3.8, 4) is 11.5 Å². The van der Waals surface area contributed by atoms with Crippen LogP contribution in [0.25, 0.3) is 0 Å². The number of nitrogens with one attached hydrogen (secondary N) is 1. The number of amides is 2. The predicted molar refractivity (Wildman–Crippen MR) is 153 cm³/mol. The number of benzene rings is 1. The molecule has 3 N–H and O–H groups in total. The standard InChI is InChI=1S/C28H39IN2O8/c1-3-4-5-6-10-31(28(36)22-8-7-12-38-22)21-15-19(27(35)30-9-11-32)16-23(25(21)34)39-26-20(29)13-18(17-33)14-24(26)37-2/h13-14,16-17,21-23,25,32,34H,3-12,15H2,1-2H3,(H,30,35)/t21-,22?,23+,25+/m1/s1. The maximum Gasteiger partial charge on any atom is 0.252 e. The van der Waals surface area contributed by atoms with Crippen LogP contribution in [-0.4, -0.2) is 91.0 Å². The van der Waals surface area contributed by atoms with Crippen LogP contribution >= 0.6 is 22.6 Å². The molecule has 3 rings (SSSR count). The van der Waals surface area contributed by atoms with Crippen molar-refractivity contribution in [2.24, 2.45) is 0 Å². The van der Waals surface area contributed by atoms with E-state index in [9.17, 15) is 24.6 Å². The summed E-state index contributed by atoms with van der Waals surface area (Å²) in [7, 11) is 1.45. The molecule has 216 valence electrons. The molecule has 0 aromatic heterocycles. The molecule has 4 atom stereocenters. The number of ether oxygens (including phenoxy) is 3. The summed E-state index contributed by atoms with van der Waals surface area (Å²) >= 11 is 2.03. The number of hydrogen-bond donors (Lipinski definition) is 3. The molecule has 1 aromatic carbocycles. The highest BCUT2D eigenvalue weighted by Gasteiger charge is 2.42. The summed E-state index contributed by atoms with van der Waals surface area (Å²) in [4.78, 5) is 39.6. The highest BCUT2D eigenvalue weighted by Crippen LogP contribution is 2.37.